The smallest absolute Gasteiger partial charge is 0.244 e. The maximum Gasteiger partial charge on any atom is 0.244 e. The Labute approximate surface area is 110 Å². The quantitative estimate of drug-likeness (QED) is 0.377. The molecule has 0 aliphatic heterocycles. The Morgan fingerprint density at radius 3 is 2.63 bits per heavy atom. The van der Waals surface area contributed by atoms with E-state index in [1.165, 1.54) is 12.4 Å². The van der Waals surface area contributed by atoms with Crippen LogP contribution in [-0.4, -0.2) is 21.0 Å². The standard InChI is InChI=1S/C13H14N4O2/c1-9(10-5-3-2-4-6-10)19-13-11(12(14)17-18)15-7-8-16-13/h2-9,18H,1H3,(H2,14,17). The van der Waals surface area contributed by atoms with Gasteiger partial charge in [-0.05, 0) is 12.5 Å². The molecule has 98 valence electrons. The lowest BCUT2D eigenvalue weighted by Gasteiger charge is -2.15. The molecule has 0 fully saturated rings. The number of benzene rings is 1. The van der Waals surface area contributed by atoms with Crippen molar-refractivity contribution in [3.63, 3.8) is 0 Å². The Hall–Kier alpha value is -2.63. The van der Waals surface area contributed by atoms with Crippen LogP contribution >= 0.6 is 0 Å². The first-order valence-electron chi connectivity index (χ1n) is 5.73. The topological polar surface area (TPSA) is 93.6 Å². The highest BCUT2D eigenvalue weighted by molar-refractivity contribution is 5.97. The molecular weight excluding hydrogens is 244 g/mol. The Bertz CT molecular complexity index is 572. The van der Waals surface area contributed by atoms with Gasteiger partial charge in [0, 0.05) is 12.4 Å². The van der Waals surface area contributed by atoms with Crippen molar-refractivity contribution in [3.8, 4) is 5.88 Å². The summed E-state index contributed by atoms with van der Waals surface area (Å²) in [5.74, 6) is 0.0949. The highest BCUT2D eigenvalue weighted by atomic mass is 16.5. The maximum atomic E-state index is 8.70. The van der Waals surface area contributed by atoms with E-state index in [0.717, 1.165) is 5.56 Å². The third-order valence-corrected chi connectivity index (χ3v) is 2.57. The number of hydrogen-bond acceptors (Lipinski definition) is 5. The van der Waals surface area contributed by atoms with Gasteiger partial charge < -0.3 is 15.7 Å². The minimum absolute atomic E-state index is 0.136. The van der Waals surface area contributed by atoms with Gasteiger partial charge in [-0.1, -0.05) is 35.5 Å². The van der Waals surface area contributed by atoms with Crippen LogP contribution in [0.3, 0.4) is 0 Å². The Morgan fingerprint density at radius 2 is 1.95 bits per heavy atom. The van der Waals surface area contributed by atoms with Crippen LogP contribution in [-0.2, 0) is 0 Å². The fourth-order valence-electron chi connectivity index (χ4n) is 1.59. The molecule has 0 bridgehead atoms. The molecule has 1 aromatic carbocycles. The summed E-state index contributed by atoms with van der Waals surface area (Å²) >= 11 is 0. The number of oxime groups is 1. The molecule has 2 aromatic rings. The number of nitrogens with zero attached hydrogens (tertiary/aromatic N) is 3. The summed E-state index contributed by atoms with van der Waals surface area (Å²) in [6, 6.07) is 9.68. The van der Waals surface area contributed by atoms with Crippen LogP contribution in [0.15, 0.2) is 47.9 Å². The second-order valence-corrected chi connectivity index (χ2v) is 3.87. The van der Waals surface area contributed by atoms with Gasteiger partial charge in [-0.2, -0.15) is 0 Å². The zero-order valence-electron chi connectivity index (χ0n) is 10.4. The molecule has 0 aliphatic carbocycles. The monoisotopic (exact) mass is 258 g/mol. The van der Waals surface area contributed by atoms with Crippen molar-refractivity contribution in [2.45, 2.75) is 13.0 Å². The van der Waals surface area contributed by atoms with Gasteiger partial charge in [0.2, 0.25) is 5.88 Å². The molecule has 1 aromatic heterocycles. The molecule has 1 unspecified atom stereocenters. The molecule has 1 heterocycles. The first-order chi connectivity index (χ1) is 9.22. The fourth-order valence-corrected chi connectivity index (χ4v) is 1.59. The van der Waals surface area contributed by atoms with E-state index in [-0.39, 0.29) is 23.5 Å². The second-order valence-electron chi connectivity index (χ2n) is 3.87. The van der Waals surface area contributed by atoms with Crippen LogP contribution in [0.1, 0.15) is 24.3 Å². The first kappa shape index (κ1) is 12.8. The average molecular weight is 258 g/mol. The number of nitrogens with two attached hydrogens (primary N) is 1. The first-order valence-corrected chi connectivity index (χ1v) is 5.73. The van der Waals surface area contributed by atoms with Crippen LogP contribution in [0.4, 0.5) is 0 Å². The molecule has 1 atom stereocenters. The van der Waals surface area contributed by atoms with E-state index < -0.39 is 0 Å². The zero-order valence-corrected chi connectivity index (χ0v) is 10.4. The van der Waals surface area contributed by atoms with E-state index in [2.05, 4.69) is 15.1 Å². The van der Waals surface area contributed by atoms with Crippen LogP contribution in [0, 0.1) is 0 Å². The summed E-state index contributed by atoms with van der Waals surface area (Å²) in [6.45, 7) is 1.89. The van der Waals surface area contributed by atoms with Gasteiger partial charge in [-0.25, -0.2) is 9.97 Å². The van der Waals surface area contributed by atoms with E-state index in [9.17, 15) is 0 Å². The molecule has 19 heavy (non-hydrogen) atoms. The molecule has 6 nitrogen and oxygen atoms in total. The van der Waals surface area contributed by atoms with Crippen LogP contribution in [0.5, 0.6) is 5.88 Å². The second kappa shape index (κ2) is 5.81. The van der Waals surface area contributed by atoms with Gasteiger partial charge >= 0.3 is 0 Å². The molecular formula is C13H14N4O2. The van der Waals surface area contributed by atoms with Crippen molar-refractivity contribution in [2.24, 2.45) is 10.9 Å². The van der Waals surface area contributed by atoms with Crippen molar-refractivity contribution in [1.82, 2.24) is 9.97 Å². The summed E-state index contributed by atoms with van der Waals surface area (Å²) < 4.78 is 5.71. The molecule has 3 N–H and O–H groups in total. The van der Waals surface area contributed by atoms with Crippen LogP contribution in [0.25, 0.3) is 0 Å². The van der Waals surface area contributed by atoms with E-state index in [0.29, 0.717) is 0 Å². The SMILES string of the molecule is CC(Oc1nccnc1C(N)=NO)c1ccccc1. The molecule has 0 radical (unpaired) electrons. The van der Waals surface area contributed by atoms with E-state index in [1.54, 1.807) is 0 Å². The Balaban J connectivity index is 2.24. The molecule has 0 saturated carbocycles. The lowest BCUT2D eigenvalue weighted by molar-refractivity contribution is 0.215. The van der Waals surface area contributed by atoms with Gasteiger partial charge in [-0.15, -0.1) is 0 Å². The van der Waals surface area contributed by atoms with Gasteiger partial charge in [0.25, 0.3) is 0 Å². The highest BCUT2D eigenvalue weighted by Crippen LogP contribution is 2.21. The van der Waals surface area contributed by atoms with Crippen molar-refractivity contribution >= 4 is 5.84 Å². The Morgan fingerprint density at radius 1 is 1.26 bits per heavy atom. The number of amidine groups is 1. The van der Waals surface area contributed by atoms with E-state index >= 15 is 0 Å². The zero-order chi connectivity index (χ0) is 13.7. The largest absolute Gasteiger partial charge is 0.468 e. The normalized spacial score (nSPS) is 13.0. The summed E-state index contributed by atoms with van der Waals surface area (Å²) in [5, 5.41) is 11.6. The lowest BCUT2D eigenvalue weighted by atomic mass is 10.1. The molecule has 0 saturated heterocycles. The van der Waals surface area contributed by atoms with Crippen molar-refractivity contribution in [1.29, 1.82) is 0 Å². The highest BCUT2D eigenvalue weighted by Gasteiger charge is 2.15. The average Bonchev–Trinajstić information content (AvgIpc) is 2.48. The van der Waals surface area contributed by atoms with E-state index in [1.807, 2.05) is 37.3 Å². The molecule has 0 aliphatic rings. The number of hydrogen-bond donors (Lipinski definition) is 2. The van der Waals surface area contributed by atoms with E-state index in [4.69, 9.17) is 15.7 Å². The molecule has 0 amide bonds. The summed E-state index contributed by atoms with van der Waals surface area (Å²) in [5.41, 5.74) is 6.74. The summed E-state index contributed by atoms with van der Waals surface area (Å²) in [7, 11) is 0. The van der Waals surface area contributed by atoms with Gasteiger partial charge in [-0.3, -0.25) is 0 Å². The number of ether oxygens (including phenoxy) is 1. The Kier molecular flexibility index (Phi) is 3.92. The fraction of sp³-hybridized carbons (Fsp3) is 0.154. The maximum absolute atomic E-state index is 8.70. The van der Waals surface area contributed by atoms with Crippen LogP contribution in [0.2, 0.25) is 0 Å². The lowest BCUT2D eigenvalue weighted by Crippen LogP contribution is -2.18. The minimum atomic E-state index is -0.219. The van der Waals surface area contributed by atoms with Crippen molar-refractivity contribution in [2.75, 3.05) is 0 Å². The molecule has 6 heteroatoms. The summed E-state index contributed by atoms with van der Waals surface area (Å²) in [4.78, 5) is 8.05. The minimum Gasteiger partial charge on any atom is -0.468 e. The van der Waals surface area contributed by atoms with Crippen molar-refractivity contribution in [3.05, 3.63) is 54.0 Å². The van der Waals surface area contributed by atoms with Gasteiger partial charge in [0.05, 0.1) is 0 Å². The van der Waals surface area contributed by atoms with Gasteiger partial charge in [0.15, 0.2) is 11.5 Å². The number of aromatic nitrogens is 2. The third-order valence-electron chi connectivity index (χ3n) is 2.57. The molecule has 2 rings (SSSR count). The predicted molar refractivity (Wildman–Crippen MR) is 70.0 cm³/mol. The number of rotatable bonds is 4. The summed E-state index contributed by atoms with van der Waals surface area (Å²) in [6.07, 6.45) is 2.72. The van der Waals surface area contributed by atoms with Crippen LogP contribution < -0.4 is 10.5 Å². The molecule has 0 spiro atoms. The predicted octanol–water partition coefficient (Wildman–Crippen LogP) is 1.71. The van der Waals surface area contributed by atoms with Crippen molar-refractivity contribution < 1.29 is 9.94 Å². The van der Waals surface area contributed by atoms with Gasteiger partial charge in [0.1, 0.15) is 6.10 Å². The third kappa shape index (κ3) is 2.98.